The molecule has 6 nitrogen and oxygen atoms in total. The summed E-state index contributed by atoms with van der Waals surface area (Å²) in [5, 5.41) is 2.75. The van der Waals surface area contributed by atoms with Crippen LogP contribution >= 0.6 is 0 Å². The fourth-order valence-corrected chi connectivity index (χ4v) is 4.57. The van der Waals surface area contributed by atoms with Gasteiger partial charge in [-0.25, -0.2) is 13.4 Å². The van der Waals surface area contributed by atoms with Crippen molar-refractivity contribution in [3.05, 3.63) is 53.2 Å². The number of sulfonamides is 1. The van der Waals surface area contributed by atoms with Gasteiger partial charge in [0.25, 0.3) is 5.91 Å². The normalized spacial score (nSPS) is 16.5. The van der Waals surface area contributed by atoms with Crippen LogP contribution in [0.2, 0.25) is 0 Å². The molecule has 1 aromatic heterocycles. The molecule has 2 heterocycles. The molecule has 0 unspecified atom stereocenters. The Morgan fingerprint density at radius 3 is 2.68 bits per heavy atom. The molecule has 0 atom stereocenters. The van der Waals surface area contributed by atoms with E-state index < -0.39 is 10.0 Å². The largest absolute Gasteiger partial charge is 0.307 e. The van der Waals surface area contributed by atoms with E-state index in [2.05, 4.69) is 10.3 Å². The molecule has 1 saturated heterocycles. The highest BCUT2D eigenvalue weighted by atomic mass is 32.2. The Morgan fingerprint density at radius 2 is 1.96 bits per heavy atom. The summed E-state index contributed by atoms with van der Waals surface area (Å²) in [5.74, 6) is 0.308. The van der Waals surface area contributed by atoms with Gasteiger partial charge in [0.2, 0.25) is 10.0 Å². The van der Waals surface area contributed by atoms with Crippen LogP contribution in [0.15, 0.2) is 36.4 Å². The number of pyridine rings is 1. The molecule has 0 saturated carbocycles. The number of nitrogens with one attached hydrogen (secondary N) is 1. The Hall–Kier alpha value is -2.41. The van der Waals surface area contributed by atoms with Crippen molar-refractivity contribution in [1.29, 1.82) is 0 Å². The Kier molecular flexibility index (Phi) is 4.76. The number of anilines is 2. The summed E-state index contributed by atoms with van der Waals surface area (Å²) in [6, 6.07) is 10.5. The standard InChI is InChI=1S/C18H21N3O3S/c1-13-8-9-15(18(22)20-17-7-5-6-14(2)19-17)12-16(13)21-10-3-4-11-25(21,23)24/h5-9,12H,3-4,10-11H2,1-2H3,(H,19,20,22). The minimum absolute atomic E-state index is 0.149. The number of carbonyl (C=O) groups is 1. The van der Waals surface area contributed by atoms with Crippen LogP contribution in [0.25, 0.3) is 0 Å². The molecule has 25 heavy (non-hydrogen) atoms. The molecule has 1 aliphatic rings. The van der Waals surface area contributed by atoms with Crippen LogP contribution in [-0.2, 0) is 10.0 Å². The predicted molar refractivity (Wildman–Crippen MR) is 98.5 cm³/mol. The van der Waals surface area contributed by atoms with Crippen molar-refractivity contribution in [1.82, 2.24) is 4.98 Å². The van der Waals surface area contributed by atoms with Gasteiger partial charge in [-0.15, -0.1) is 0 Å². The zero-order valence-corrected chi connectivity index (χ0v) is 15.1. The maximum atomic E-state index is 12.5. The number of nitrogens with zero attached hydrogens (tertiary/aromatic N) is 2. The summed E-state index contributed by atoms with van der Waals surface area (Å²) in [6.07, 6.45) is 1.50. The average molecular weight is 359 g/mol. The van der Waals surface area contributed by atoms with Gasteiger partial charge < -0.3 is 5.32 Å². The molecule has 1 N–H and O–H groups in total. The minimum atomic E-state index is -3.32. The van der Waals surface area contributed by atoms with Gasteiger partial charge in [0, 0.05) is 17.8 Å². The van der Waals surface area contributed by atoms with Crippen molar-refractivity contribution in [2.75, 3.05) is 21.9 Å². The van der Waals surface area contributed by atoms with E-state index >= 15 is 0 Å². The fourth-order valence-electron chi connectivity index (χ4n) is 2.88. The second-order valence-corrected chi connectivity index (χ2v) is 8.23. The third-order valence-electron chi connectivity index (χ3n) is 4.22. The number of hydrogen-bond acceptors (Lipinski definition) is 4. The molecular weight excluding hydrogens is 338 g/mol. The SMILES string of the molecule is Cc1cccc(NC(=O)c2ccc(C)c(N3CCCCS3(=O)=O)c2)n1. The van der Waals surface area contributed by atoms with Gasteiger partial charge in [-0.1, -0.05) is 12.1 Å². The molecular formula is C18H21N3O3S. The fraction of sp³-hybridized carbons (Fsp3) is 0.333. The van der Waals surface area contributed by atoms with E-state index in [1.165, 1.54) is 4.31 Å². The summed E-state index contributed by atoms with van der Waals surface area (Å²) in [7, 11) is -3.32. The van der Waals surface area contributed by atoms with Gasteiger partial charge in [-0.05, 0) is 56.5 Å². The number of aryl methyl sites for hydroxylation is 2. The molecule has 1 aromatic carbocycles. The maximum Gasteiger partial charge on any atom is 0.256 e. The van der Waals surface area contributed by atoms with Crippen molar-refractivity contribution in [2.24, 2.45) is 0 Å². The third-order valence-corrected chi connectivity index (χ3v) is 6.07. The van der Waals surface area contributed by atoms with E-state index in [0.717, 1.165) is 17.7 Å². The second kappa shape index (κ2) is 6.84. The number of amides is 1. The van der Waals surface area contributed by atoms with Crippen LogP contribution < -0.4 is 9.62 Å². The molecule has 7 heteroatoms. The molecule has 1 fully saturated rings. The summed E-state index contributed by atoms with van der Waals surface area (Å²) < 4.78 is 26.1. The van der Waals surface area contributed by atoms with E-state index in [1.54, 1.807) is 24.3 Å². The van der Waals surface area contributed by atoms with E-state index in [4.69, 9.17) is 0 Å². The van der Waals surface area contributed by atoms with Crippen molar-refractivity contribution in [3.63, 3.8) is 0 Å². The minimum Gasteiger partial charge on any atom is -0.307 e. The summed E-state index contributed by atoms with van der Waals surface area (Å²) in [5.41, 5.74) is 2.62. The van der Waals surface area contributed by atoms with Crippen molar-refractivity contribution >= 4 is 27.4 Å². The van der Waals surface area contributed by atoms with Gasteiger partial charge in [0.15, 0.2) is 0 Å². The van der Waals surface area contributed by atoms with Crippen molar-refractivity contribution in [2.45, 2.75) is 26.7 Å². The molecule has 0 aliphatic carbocycles. The number of aromatic nitrogens is 1. The Morgan fingerprint density at radius 1 is 1.16 bits per heavy atom. The first-order valence-corrected chi connectivity index (χ1v) is 9.84. The van der Waals surface area contributed by atoms with E-state index in [-0.39, 0.29) is 11.7 Å². The number of benzene rings is 1. The smallest absolute Gasteiger partial charge is 0.256 e. The first-order chi connectivity index (χ1) is 11.9. The highest BCUT2D eigenvalue weighted by Gasteiger charge is 2.27. The molecule has 2 aromatic rings. The quantitative estimate of drug-likeness (QED) is 0.914. The van der Waals surface area contributed by atoms with E-state index in [1.807, 2.05) is 26.0 Å². The van der Waals surface area contributed by atoms with Crippen LogP contribution in [0.5, 0.6) is 0 Å². The predicted octanol–water partition coefficient (Wildman–Crippen LogP) is 2.88. The Balaban J connectivity index is 1.89. The first kappa shape index (κ1) is 17.4. The summed E-state index contributed by atoms with van der Waals surface area (Å²) >= 11 is 0. The van der Waals surface area contributed by atoms with Gasteiger partial charge in [0.05, 0.1) is 11.4 Å². The molecule has 0 radical (unpaired) electrons. The lowest BCUT2D eigenvalue weighted by Crippen LogP contribution is -2.38. The lowest BCUT2D eigenvalue weighted by atomic mass is 10.1. The van der Waals surface area contributed by atoms with Crippen molar-refractivity contribution in [3.8, 4) is 0 Å². The van der Waals surface area contributed by atoms with E-state index in [0.29, 0.717) is 30.0 Å². The summed E-state index contributed by atoms with van der Waals surface area (Å²) in [6.45, 7) is 4.15. The van der Waals surface area contributed by atoms with Crippen LogP contribution in [0, 0.1) is 13.8 Å². The zero-order valence-electron chi connectivity index (χ0n) is 14.3. The first-order valence-electron chi connectivity index (χ1n) is 8.23. The molecule has 1 amide bonds. The number of carbonyl (C=O) groups excluding carboxylic acids is 1. The highest BCUT2D eigenvalue weighted by Crippen LogP contribution is 2.28. The van der Waals surface area contributed by atoms with Gasteiger partial charge in [0.1, 0.15) is 5.82 Å². The molecule has 132 valence electrons. The van der Waals surface area contributed by atoms with Gasteiger partial charge in [-0.2, -0.15) is 0 Å². The van der Waals surface area contributed by atoms with E-state index in [9.17, 15) is 13.2 Å². The average Bonchev–Trinajstić information content (AvgIpc) is 2.55. The number of hydrogen-bond donors (Lipinski definition) is 1. The van der Waals surface area contributed by atoms with Crippen LogP contribution in [-0.4, -0.2) is 31.6 Å². The van der Waals surface area contributed by atoms with Gasteiger partial charge in [-0.3, -0.25) is 9.10 Å². The van der Waals surface area contributed by atoms with Gasteiger partial charge >= 0.3 is 0 Å². The molecule has 3 rings (SSSR count). The van der Waals surface area contributed by atoms with Crippen LogP contribution in [0.4, 0.5) is 11.5 Å². The Labute approximate surface area is 147 Å². The molecule has 0 spiro atoms. The maximum absolute atomic E-state index is 12.5. The second-order valence-electron chi connectivity index (χ2n) is 6.21. The monoisotopic (exact) mass is 359 g/mol. The topological polar surface area (TPSA) is 79.4 Å². The lowest BCUT2D eigenvalue weighted by molar-refractivity contribution is 0.102. The third kappa shape index (κ3) is 3.82. The zero-order chi connectivity index (χ0) is 18.0. The number of rotatable bonds is 3. The van der Waals surface area contributed by atoms with Crippen LogP contribution in [0.3, 0.4) is 0 Å². The Bertz CT molecular complexity index is 910. The molecule has 0 bridgehead atoms. The highest BCUT2D eigenvalue weighted by molar-refractivity contribution is 7.92. The van der Waals surface area contributed by atoms with Crippen molar-refractivity contribution < 1.29 is 13.2 Å². The lowest BCUT2D eigenvalue weighted by Gasteiger charge is -2.29. The van der Waals surface area contributed by atoms with Crippen LogP contribution in [0.1, 0.15) is 34.5 Å². The summed E-state index contributed by atoms with van der Waals surface area (Å²) in [4.78, 5) is 16.8. The molecule has 1 aliphatic heterocycles.